The summed E-state index contributed by atoms with van der Waals surface area (Å²) in [6.45, 7) is 3.69. The van der Waals surface area contributed by atoms with Crippen molar-refractivity contribution in [1.82, 2.24) is 10.2 Å². The molecule has 0 fully saturated rings. The normalized spacial score (nSPS) is 12.3. The topological polar surface area (TPSA) is 67.9 Å². The maximum atomic E-state index is 13.0. The quantitative estimate of drug-likeness (QED) is 0.654. The van der Waals surface area contributed by atoms with Crippen molar-refractivity contribution in [3.63, 3.8) is 0 Å². The van der Waals surface area contributed by atoms with E-state index in [1.54, 1.807) is 19.9 Å². The molecule has 174 valence electrons. The molecule has 0 spiro atoms. The van der Waals surface area contributed by atoms with Crippen molar-refractivity contribution < 1.29 is 32.2 Å². The molecule has 2 rings (SSSR count). The Kier molecular flexibility index (Phi) is 8.13. The lowest BCUT2D eigenvalue weighted by Crippen LogP contribution is -2.50. The molecule has 0 unspecified atom stereocenters. The summed E-state index contributed by atoms with van der Waals surface area (Å²) in [6, 6.07) is 8.48. The maximum Gasteiger partial charge on any atom is 0.416 e. The monoisotopic (exact) mass is 452 g/mol. The highest BCUT2D eigenvalue weighted by molar-refractivity contribution is 5.98. The number of rotatable bonds is 8. The van der Waals surface area contributed by atoms with E-state index in [2.05, 4.69) is 5.32 Å². The van der Waals surface area contributed by atoms with Crippen LogP contribution >= 0.6 is 0 Å². The zero-order chi connectivity index (χ0) is 24.1. The second kappa shape index (κ2) is 10.4. The first-order chi connectivity index (χ1) is 15.0. The third-order valence-corrected chi connectivity index (χ3v) is 4.91. The van der Waals surface area contributed by atoms with Gasteiger partial charge >= 0.3 is 6.18 Å². The average molecular weight is 452 g/mol. The third-order valence-electron chi connectivity index (χ3n) is 4.91. The number of carbonyl (C=O) groups is 2. The van der Waals surface area contributed by atoms with Crippen LogP contribution in [0.5, 0.6) is 11.5 Å². The summed E-state index contributed by atoms with van der Waals surface area (Å²) in [5, 5.41) is 2.74. The van der Waals surface area contributed by atoms with Gasteiger partial charge in [-0.2, -0.15) is 13.2 Å². The molecule has 2 aromatic rings. The van der Waals surface area contributed by atoms with E-state index < -0.39 is 23.7 Å². The fourth-order valence-corrected chi connectivity index (χ4v) is 3.07. The van der Waals surface area contributed by atoms with E-state index in [1.807, 2.05) is 0 Å². The van der Waals surface area contributed by atoms with E-state index in [9.17, 15) is 22.8 Å². The Morgan fingerprint density at radius 3 is 1.97 bits per heavy atom. The SMILES string of the molecule is COc1cc(OC)cc(C(=O)N[C@H](C(=O)N(C)Cc2ccc(C(F)(F)F)cc2)C(C)C)c1. The van der Waals surface area contributed by atoms with E-state index in [-0.39, 0.29) is 23.9 Å². The third kappa shape index (κ3) is 6.38. The number of methoxy groups -OCH3 is 2. The molecule has 1 N–H and O–H groups in total. The van der Waals surface area contributed by atoms with Crippen LogP contribution in [0.2, 0.25) is 0 Å². The Morgan fingerprint density at radius 2 is 1.53 bits per heavy atom. The molecule has 6 nitrogen and oxygen atoms in total. The molecule has 0 aliphatic heterocycles. The Labute approximate surface area is 185 Å². The van der Waals surface area contributed by atoms with Gasteiger partial charge in [0, 0.05) is 25.2 Å². The molecule has 0 aromatic heterocycles. The highest BCUT2D eigenvalue weighted by Gasteiger charge is 2.30. The smallest absolute Gasteiger partial charge is 0.416 e. The molecule has 9 heteroatoms. The summed E-state index contributed by atoms with van der Waals surface area (Å²) in [5.74, 6) is -0.197. The molecule has 0 bridgehead atoms. The number of amides is 2. The number of likely N-dealkylation sites (N-methyl/N-ethyl adjacent to an activating group) is 1. The molecular weight excluding hydrogens is 425 g/mol. The van der Waals surface area contributed by atoms with E-state index >= 15 is 0 Å². The van der Waals surface area contributed by atoms with Crippen molar-refractivity contribution in [1.29, 1.82) is 0 Å². The number of nitrogens with zero attached hydrogens (tertiary/aromatic N) is 1. The van der Waals surface area contributed by atoms with Gasteiger partial charge in [-0.05, 0) is 35.7 Å². The highest BCUT2D eigenvalue weighted by atomic mass is 19.4. The molecule has 0 aliphatic carbocycles. The molecule has 32 heavy (non-hydrogen) atoms. The number of hydrogen-bond donors (Lipinski definition) is 1. The van der Waals surface area contributed by atoms with Crippen molar-refractivity contribution in [2.45, 2.75) is 32.6 Å². The first-order valence-corrected chi connectivity index (χ1v) is 9.91. The fourth-order valence-electron chi connectivity index (χ4n) is 3.07. The Hall–Kier alpha value is -3.23. The summed E-state index contributed by atoms with van der Waals surface area (Å²) < 4.78 is 48.6. The zero-order valence-electron chi connectivity index (χ0n) is 18.6. The van der Waals surface area contributed by atoms with Gasteiger partial charge in [-0.25, -0.2) is 0 Å². The minimum Gasteiger partial charge on any atom is -0.497 e. The first kappa shape index (κ1) is 25.0. The van der Waals surface area contributed by atoms with E-state index in [1.165, 1.54) is 50.4 Å². The molecule has 0 radical (unpaired) electrons. The summed E-state index contributed by atoms with van der Waals surface area (Å²) in [6.07, 6.45) is -4.42. The van der Waals surface area contributed by atoms with Gasteiger partial charge in [0.1, 0.15) is 17.5 Å². The minimum absolute atomic E-state index is 0.100. The lowest BCUT2D eigenvalue weighted by atomic mass is 10.0. The first-order valence-electron chi connectivity index (χ1n) is 9.91. The summed E-state index contributed by atoms with van der Waals surface area (Å²) >= 11 is 0. The van der Waals surface area contributed by atoms with Crippen LogP contribution in [0, 0.1) is 5.92 Å². The maximum absolute atomic E-state index is 13.0. The molecule has 0 aliphatic rings. The fraction of sp³-hybridized carbons (Fsp3) is 0.391. The average Bonchev–Trinajstić information content (AvgIpc) is 2.75. The second-order valence-corrected chi connectivity index (χ2v) is 7.69. The second-order valence-electron chi connectivity index (χ2n) is 7.69. The molecule has 1 atom stereocenters. The number of nitrogens with one attached hydrogen (secondary N) is 1. The molecule has 0 heterocycles. The molecule has 0 saturated carbocycles. The van der Waals surface area contributed by atoms with Gasteiger partial charge in [0.2, 0.25) is 5.91 Å². The minimum atomic E-state index is -4.42. The number of benzene rings is 2. The molecule has 2 aromatic carbocycles. The largest absolute Gasteiger partial charge is 0.497 e. The predicted molar refractivity (Wildman–Crippen MR) is 114 cm³/mol. The van der Waals surface area contributed by atoms with Crippen LogP contribution in [0.15, 0.2) is 42.5 Å². The van der Waals surface area contributed by atoms with Crippen molar-refractivity contribution in [2.24, 2.45) is 5.92 Å². The van der Waals surface area contributed by atoms with Gasteiger partial charge in [-0.15, -0.1) is 0 Å². The molecular formula is C23H27F3N2O4. The van der Waals surface area contributed by atoms with Gasteiger partial charge in [0.05, 0.1) is 19.8 Å². The van der Waals surface area contributed by atoms with Crippen molar-refractivity contribution >= 4 is 11.8 Å². The van der Waals surface area contributed by atoms with Crippen molar-refractivity contribution in [3.8, 4) is 11.5 Å². The number of carbonyl (C=O) groups excluding carboxylic acids is 2. The standard InChI is InChI=1S/C23H27F3N2O4/c1-14(2)20(27-21(29)16-10-18(31-4)12-19(11-16)32-5)22(30)28(3)13-15-6-8-17(9-7-15)23(24,25)26/h6-12,14,20H,13H2,1-5H3,(H,27,29)/t20-/m0/s1. The van der Waals surface area contributed by atoms with E-state index in [0.29, 0.717) is 17.1 Å². The summed E-state index contributed by atoms with van der Waals surface area (Å²) in [7, 11) is 4.47. The predicted octanol–water partition coefficient (Wildman–Crippen LogP) is 4.14. The van der Waals surface area contributed by atoms with Crippen LogP contribution in [-0.2, 0) is 17.5 Å². The Morgan fingerprint density at radius 1 is 1.00 bits per heavy atom. The van der Waals surface area contributed by atoms with Crippen molar-refractivity contribution in [3.05, 3.63) is 59.2 Å². The van der Waals surface area contributed by atoms with Gasteiger partial charge in [0.15, 0.2) is 0 Å². The summed E-state index contributed by atoms with van der Waals surface area (Å²) in [4.78, 5) is 27.2. The molecule has 2 amide bonds. The van der Waals surface area contributed by atoms with Crippen LogP contribution in [-0.4, -0.2) is 44.0 Å². The van der Waals surface area contributed by atoms with Crippen LogP contribution in [0.3, 0.4) is 0 Å². The molecule has 0 saturated heterocycles. The number of halogens is 3. The van der Waals surface area contributed by atoms with Gasteiger partial charge < -0.3 is 19.7 Å². The number of ether oxygens (including phenoxy) is 2. The van der Waals surface area contributed by atoms with Crippen LogP contribution in [0.1, 0.15) is 35.3 Å². The van der Waals surface area contributed by atoms with Crippen LogP contribution in [0.25, 0.3) is 0 Å². The van der Waals surface area contributed by atoms with Crippen LogP contribution in [0.4, 0.5) is 13.2 Å². The highest BCUT2D eigenvalue weighted by Crippen LogP contribution is 2.29. The van der Waals surface area contributed by atoms with Gasteiger partial charge in [0.25, 0.3) is 5.91 Å². The number of alkyl halides is 3. The van der Waals surface area contributed by atoms with Gasteiger partial charge in [-0.1, -0.05) is 26.0 Å². The number of hydrogen-bond acceptors (Lipinski definition) is 4. The van der Waals surface area contributed by atoms with E-state index in [4.69, 9.17) is 9.47 Å². The van der Waals surface area contributed by atoms with Crippen molar-refractivity contribution in [2.75, 3.05) is 21.3 Å². The lowest BCUT2D eigenvalue weighted by Gasteiger charge is -2.27. The zero-order valence-corrected chi connectivity index (χ0v) is 18.6. The van der Waals surface area contributed by atoms with Crippen LogP contribution < -0.4 is 14.8 Å². The Balaban J connectivity index is 2.14. The lowest BCUT2D eigenvalue weighted by molar-refractivity contribution is -0.137. The van der Waals surface area contributed by atoms with Gasteiger partial charge in [-0.3, -0.25) is 9.59 Å². The Bertz CT molecular complexity index is 921. The summed E-state index contributed by atoms with van der Waals surface area (Å²) in [5.41, 5.74) is 0.0570. The van der Waals surface area contributed by atoms with E-state index in [0.717, 1.165) is 12.1 Å².